The lowest BCUT2D eigenvalue weighted by molar-refractivity contribution is 0.0600. The number of benzene rings is 2. The lowest BCUT2D eigenvalue weighted by Crippen LogP contribution is -2.27. The highest BCUT2D eigenvalue weighted by Crippen LogP contribution is 2.22. The number of rotatable bonds is 6. The predicted molar refractivity (Wildman–Crippen MR) is 124 cm³/mol. The molecule has 2 heterocycles. The van der Waals surface area contributed by atoms with Gasteiger partial charge in [-0.15, -0.1) is 0 Å². The number of nitrogens with one attached hydrogen (secondary N) is 1. The number of esters is 1. The van der Waals surface area contributed by atoms with Gasteiger partial charge in [-0.05, 0) is 48.4 Å². The molecule has 0 aliphatic heterocycles. The Morgan fingerprint density at radius 2 is 1.78 bits per heavy atom. The quantitative estimate of drug-likeness (QED) is 0.421. The molecular formula is C25H22ClN3O3. The second-order valence-electron chi connectivity index (χ2n) is 7.50. The molecule has 2 aromatic carbocycles. The summed E-state index contributed by atoms with van der Waals surface area (Å²) < 4.78 is 6.76. The van der Waals surface area contributed by atoms with E-state index in [9.17, 15) is 9.59 Å². The number of fused-ring (bicyclic) bond motifs is 1. The van der Waals surface area contributed by atoms with Crippen LogP contribution in [0.1, 0.15) is 44.8 Å². The van der Waals surface area contributed by atoms with Gasteiger partial charge in [0, 0.05) is 35.5 Å². The van der Waals surface area contributed by atoms with Crippen LogP contribution in [0.4, 0.5) is 0 Å². The van der Waals surface area contributed by atoms with Crippen molar-refractivity contribution in [2.75, 3.05) is 7.11 Å². The first-order chi connectivity index (χ1) is 15.5. The molecule has 1 amide bonds. The van der Waals surface area contributed by atoms with Gasteiger partial charge in [0.1, 0.15) is 0 Å². The van der Waals surface area contributed by atoms with Crippen molar-refractivity contribution in [1.29, 1.82) is 0 Å². The van der Waals surface area contributed by atoms with E-state index >= 15 is 0 Å². The molecule has 6 nitrogen and oxygen atoms in total. The summed E-state index contributed by atoms with van der Waals surface area (Å²) in [6, 6.07) is 16.3. The number of amides is 1. The number of carbonyl (C=O) groups excluding carboxylic acids is 2. The van der Waals surface area contributed by atoms with Crippen LogP contribution in [0.25, 0.3) is 10.9 Å². The lowest BCUT2D eigenvalue weighted by Gasteiger charge is -2.16. The standard InChI is InChI=1S/C25H22ClN3O3/c1-16(18-5-7-19(8-6-18)25(31)32-2)28-24(30)22-14-27-13-20-11-12-29(23(20)22)15-17-3-9-21(26)10-4-17/h3-14,16H,15H2,1-2H3,(H,28,30)/t16-/m0/s1. The highest BCUT2D eigenvalue weighted by atomic mass is 35.5. The summed E-state index contributed by atoms with van der Waals surface area (Å²) in [5.74, 6) is -0.615. The number of aromatic nitrogens is 2. The summed E-state index contributed by atoms with van der Waals surface area (Å²) in [4.78, 5) is 29.0. The normalized spacial score (nSPS) is 11.8. The van der Waals surface area contributed by atoms with Crippen molar-refractivity contribution in [2.45, 2.75) is 19.5 Å². The Labute approximate surface area is 190 Å². The molecule has 4 rings (SSSR count). The van der Waals surface area contributed by atoms with Gasteiger partial charge in [0.2, 0.25) is 0 Å². The van der Waals surface area contributed by atoms with Gasteiger partial charge in [-0.1, -0.05) is 35.9 Å². The van der Waals surface area contributed by atoms with Crippen molar-refractivity contribution in [2.24, 2.45) is 0 Å². The average Bonchev–Trinajstić information content (AvgIpc) is 3.23. The van der Waals surface area contributed by atoms with Gasteiger partial charge in [0.05, 0.1) is 29.8 Å². The molecule has 32 heavy (non-hydrogen) atoms. The third-order valence-electron chi connectivity index (χ3n) is 5.36. The number of ether oxygens (including phenoxy) is 1. The van der Waals surface area contributed by atoms with Crippen molar-refractivity contribution in [1.82, 2.24) is 14.9 Å². The lowest BCUT2D eigenvalue weighted by atomic mass is 10.1. The molecule has 0 fully saturated rings. The molecule has 0 spiro atoms. The molecule has 162 valence electrons. The van der Waals surface area contributed by atoms with E-state index in [0.29, 0.717) is 22.7 Å². The largest absolute Gasteiger partial charge is 0.465 e. The molecule has 0 saturated heterocycles. The second-order valence-corrected chi connectivity index (χ2v) is 7.94. The van der Waals surface area contributed by atoms with E-state index < -0.39 is 5.97 Å². The number of hydrogen-bond donors (Lipinski definition) is 1. The van der Waals surface area contributed by atoms with Crippen LogP contribution in [0, 0.1) is 0 Å². The predicted octanol–water partition coefficient (Wildman–Crippen LogP) is 5.02. The summed E-state index contributed by atoms with van der Waals surface area (Å²) in [6.45, 7) is 2.50. The van der Waals surface area contributed by atoms with E-state index in [0.717, 1.165) is 22.0 Å². The minimum Gasteiger partial charge on any atom is -0.465 e. The van der Waals surface area contributed by atoms with Crippen LogP contribution >= 0.6 is 11.6 Å². The van der Waals surface area contributed by atoms with Crippen LogP contribution in [0.3, 0.4) is 0 Å². The van der Waals surface area contributed by atoms with E-state index in [1.54, 1.807) is 36.7 Å². The fourth-order valence-electron chi connectivity index (χ4n) is 3.63. The van der Waals surface area contributed by atoms with Crippen molar-refractivity contribution >= 4 is 34.4 Å². The number of nitrogens with zero attached hydrogens (tertiary/aromatic N) is 2. The maximum absolute atomic E-state index is 13.2. The van der Waals surface area contributed by atoms with Crippen LogP contribution in [0.5, 0.6) is 0 Å². The van der Waals surface area contributed by atoms with Gasteiger partial charge in [-0.3, -0.25) is 9.78 Å². The SMILES string of the molecule is COC(=O)c1ccc([C@H](C)NC(=O)c2cncc3ccn(Cc4ccc(Cl)cc4)c23)cc1. The zero-order valence-corrected chi connectivity index (χ0v) is 18.5. The summed E-state index contributed by atoms with van der Waals surface area (Å²) in [5.41, 5.74) is 3.74. The van der Waals surface area contributed by atoms with Gasteiger partial charge < -0.3 is 14.6 Å². The molecule has 7 heteroatoms. The van der Waals surface area contributed by atoms with E-state index in [2.05, 4.69) is 10.3 Å². The highest BCUT2D eigenvalue weighted by molar-refractivity contribution is 6.30. The first-order valence-electron chi connectivity index (χ1n) is 10.1. The van der Waals surface area contributed by atoms with Gasteiger partial charge in [-0.2, -0.15) is 0 Å². The van der Waals surface area contributed by atoms with Crippen LogP contribution in [0.2, 0.25) is 5.02 Å². The van der Waals surface area contributed by atoms with Gasteiger partial charge in [0.15, 0.2) is 0 Å². The van der Waals surface area contributed by atoms with Crippen molar-refractivity contribution in [3.8, 4) is 0 Å². The van der Waals surface area contributed by atoms with E-state index in [1.165, 1.54) is 7.11 Å². The maximum Gasteiger partial charge on any atom is 0.337 e. The zero-order valence-electron chi connectivity index (χ0n) is 17.7. The van der Waals surface area contributed by atoms with E-state index in [1.807, 2.05) is 48.0 Å². The number of hydrogen-bond acceptors (Lipinski definition) is 4. The first-order valence-corrected chi connectivity index (χ1v) is 10.5. The van der Waals surface area contributed by atoms with Crippen molar-refractivity contribution < 1.29 is 14.3 Å². The van der Waals surface area contributed by atoms with Crippen molar-refractivity contribution in [3.05, 3.63) is 100 Å². The van der Waals surface area contributed by atoms with Crippen molar-refractivity contribution in [3.63, 3.8) is 0 Å². The molecule has 1 atom stereocenters. The molecule has 0 aliphatic carbocycles. The molecule has 0 bridgehead atoms. The van der Waals surface area contributed by atoms with Crippen LogP contribution in [-0.2, 0) is 11.3 Å². The molecule has 1 N–H and O–H groups in total. The molecule has 0 aliphatic rings. The number of methoxy groups -OCH3 is 1. The fraction of sp³-hybridized carbons (Fsp3) is 0.160. The van der Waals surface area contributed by atoms with E-state index in [4.69, 9.17) is 16.3 Å². The molecule has 0 unspecified atom stereocenters. The van der Waals surface area contributed by atoms with Gasteiger partial charge in [0.25, 0.3) is 5.91 Å². The number of halogens is 1. The Morgan fingerprint density at radius 1 is 1.06 bits per heavy atom. The topological polar surface area (TPSA) is 73.2 Å². The third-order valence-corrected chi connectivity index (χ3v) is 5.61. The summed E-state index contributed by atoms with van der Waals surface area (Å²) in [7, 11) is 1.34. The summed E-state index contributed by atoms with van der Waals surface area (Å²) in [6.07, 6.45) is 5.29. The minimum absolute atomic E-state index is 0.219. The van der Waals surface area contributed by atoms with Gasteiger partial charge >= 0.3 is 5.97 Å². The van der Waals surface area contributed by atoms with Gasteiger partial charge in [-0.25, -0.2) is 4.79 Å². The molecule has 4 aromatic rings. The Morgan fingerprint density at radius 3 is 2.47 bits per heavy atom. The number of carbonyl (C=O) groups is 2. The third kappa shape index (κ3) is 4.50. The zero-order chi connectivity index (χ0) is 22.7. The molecule has 0 saturated carbocycles. The van der Waals surface area contributed by atoms with Crippen LogP contribution < -0.4 is 5.32 Å². The second kappa shape index (κ2) is 9.24. The minimum atomic E-state index is -0.396. The smallest absolute Gasteiger partial charge is 0.337 e. The molecule has 2 aromatic heterocycles. The maximum atomic E-state index is 13.2. The molecule has 0 radical (unpaired) electrons. The van der Waals surface area contributed by atoms with Crippen LogP contribution in [-0.4, -0.2) is 28.5 Å². The Balaban J connectivity index is 1.57. The molecular weight excluding hydrogens is 426 g/mol. The Bertz CT molecular complexity index is 1260. The number of pyridine rings is 1. The van der Waals surface area contributed by atoms with E-state index in [-0.39, 0.29) is 11.9 Å². The monoisotopic (exact) mass is 447 g/mol. The Kier molecular flexibility index (Phi) is 6.23. The highest BCUT2D eigenvalue weighted by Gasteiger charge is 2.17. The average molecular weight is 448 g/mol. The fourth-order valence-corrected chi connectivity index (χ4v) is 3.75. The van der Waals surface area contributed by atoms with Crippen LogP contribution in [0.15, 0.2) is 73.2 Å². The summed E-state index contributed by atoms with van der Waals surface area (Å²) in [5, 5.41) is 4.60. The first kappa shape index (κ1) is 21.6. The summed E-state index contributed by atoms with van der Waals surface area (Å²) >= 11 is 5.99. The Hall–Kier alpha value is -3.64.